The zero-order chi connectivity index (χ0) is 17.4. The van der Waals surface area contributed by atoms with Crippen molar-refractivity contribution in [2.24, 2.45) is 0 Å². The van der Waals surface area contributed by atoms with Crippen molar-refractivity contribution >= 4 is 22.9 Å². The van der Waals surface area contributed by atoms with Gasteiger partial charge >= 0.3 is 0 Å². The highest BCUT2D eigenvalue weighted by Crippen LogP contribution is 2.35. The molecule has 0 radical (unpaired) electrons. The number of methoxy groups -OCH3 is 1. The summed E-state index contributed by atoms with van der Waals surface area (Å²) in [6.07, 6.45) is 3.34. The van der Waals surface area contributed by atoms with Gasteiger partial charge in [0, 0.05) is 22.9 Å². The second-order valence-corrected chi connectivity index (χ2v) is 8.59. The topological polar surface area (TPSA) is 51.4 Å². The Morgan fingerprint density at radius 2 is 2.29 bits per heavy atom. The highest BCUT2D eigenvalue weighted by molar-refractivity contribution is 7.10. The first-order chi connectivity index (χ1) is 11.3. The van der Waals surface area contributed by atoms with Gasteiger partial charge in [-0.05, 0) is 52.6 Å². The van der Waals surface area contributed by atoms with Crippen LogP contribution in [0.15, 0.2) is 16.0 Å². The van der Waals surface area contributed by atoms with Crippen LogP contribution in [0.3, 0.4) is 0 Å². The summed E-state index contributed by atoms with van der Waals surface area (Å²) in [6, 6.07) is 2.07. The first-order valence-electron chi connectivity index (χ1n) is 8.19. The van der Waals surface area contributed by atoms with Gasteiger partial charge < -0.3 is 9.26 Å². The third-order valence-electron chi connectivity index (χ3n) is 4.93. The van der Waals surface area contributed by atoms with Crippen molar-refractivity contribution in [2.45, 2.75) is 57.7 Å². The van der Waals surface area contributed by atoms with E-state index in [0.29, 0.717) is 18.3 Å². The Bertz CT molecular complexity index is 700. The standard InChI is InChI=1S/C17H24ClN3O2S/c1-16(2,22-4)15-19-14(23-20-15)10-21-7-5-6-17(21,3)9-13-8-12(18)11-24-13/h8,11H,5-7,9-10H2,1-4H3. The lowest BCUT2D eigenvalue weighted by atomic mass is 9.93. The van der Waals surface area contributed by atoms with Crippen molar-refractivity contribution in [3.05, 3.63) is 33.1 Å². The maximum absolute atomic E-state index is 6.07. The maximum atomic E-state index is 6.07. The molecule has 132 valence electrons. The van der Waals surface area contributed by atoms with E-state index in [1.807, 2.05) is 19.2 Å². The van der Waals surface area contributed by atoms with E-state index in [1.54, 1.807) is 18.4 Å². The van der Waals surface area contributed by atoms with Gasteiger partial charge in [-0.15, -0.1) is 11.3 Å². The molecule has 1 atom stereocenters. The molecule has 24 heavy (non-hydrogen) atoms. The van der Waals surface area contributed by atoms with Crippen molar-refractivity contribution in [2.75, 3.05) is 13.7 Å². The average molecular weight is 370 g/mol. The van der Waals surface area contributed by atoms with Crippen LogP contribution in [0.5, 0.6) is 0 Å². The Labute approximate surface area is 151 Å². The fourth-order valence-electron chi connectivity index (χ4n) is 3.19. The van der Waals surface area contributed by atoms with E-state index in [9.17, 15) is 0 Å². The lowest BCUT2D eigenvalue weighted by molar-refractivity contribution is 0.00973. The number of halogens is 1. The minimum atomic E-state index is -0.538. The molecule has 5 nitrogen and oxygen atoms in total. The lowest BCUT2D eigenvalue weighted by Crippen LogP contribution is -2.42. The van der Waals surface area contributed by atoms with Crippen molar-refractivity contribution in [1.29, 1.82) is 0 Å². The van der Waals surface area contributed by atoms with Crippen LogP contribution >= 0.6 is 22.9 Å². The Hall–Kier alpha value is -0.950. The summed E-state index contributed by atoms with van der Waals surface area (Å²) >= 11 is 7.80. The Balaban J connectivity index is 1.72. The number of aromatic nitrogens is 2. The summed E-state index contributed by atoms with van der Waals surface area (Å²) < 4.78 is 10.9. The molecule has 0 amide bonds. The second kappa shape index (κ2) is 6.75. The monoisotopic (exact) mass is 369 g/mol. The molecule has 1 saturated heterocycles. The molecule has 1 aliphatic rings. The number of hydrogen-bond donors (Lipinski definition) is 0. The van der Waals surface area contributed by atoms with Gasteiger partial charge in [-0.3, -0.25) is 4.90 Å². The van der Waals surface area contributed by atoms with Gasteiger partial charge in [0.15, 0.2) is 0 Å². The largest absolute Gasteiger partial charge is 0.371 e. The molecule has 0 aromatic carbocycles. The minimum absolute atomic E-state index is 0.0968. The Morgan fingerprint density at radius 3 is 2.96 bits per heavy atom. The van der Waals surface area contributed by atoms with Gasteiger partial charge in [-0.25, -0.2) is 0 Å². The van der Waals surface area contributed by atoms with E-state index in [-0.39, 0.29) is 5.54 Å². The number of thiophene rings is 1. The fraction of sp³-hybridized carbons (Fsp3) is 0.647. The minimum Gasteiger partial charge on any atom is -0.371 e. The molecular weight excluding hydrogens is 346 g/mol. The van der Waals surface area contributed by atoms with Crippen LogP contribution in [0.4, 0.5) is 0 Å². The predicted octanol–water partition coefficient (Wildman–Crippen LogP) is 4.26. The molecule has 0 saturated carbocycles. The van der Waals surface area contributed by atoms with Crippen LogP contribution in [0.1, 0.15) is 50.2 Å². The van der Waals surface area contributed by atoms with Crippen molar-refractivity contribution in [3.8, 4) is 0 Å². The van der Waals surface area contributed by atoms with Gasteiger partial charge in [-0.1, -0.05) is 16.8 Å². The van der Waals surface area contributed by atoms with Crippen LogP contribution in [0.25, 0.3) is 0 Å². The van der Waals surface area contributed by atoms with Gasteiger partial charge in [0.25, 0.3) is 0 Å². The molecule has 0 aliphatic carbocycles. The van der Waals surface area contributed by atoms with Gasteiger partial charge in [-0.2, -0.15) is 4.98 Å². The van der Waals surface area contributed by atoms with Crippen LogP contribution in [-0.2, 0) is 23.3 Å². The molecule has 2 aromatic rings. The number of likely N-dealkylation sites (tertiary alicyclic amines) is 1. The Morgan fingerprint density at radius 1 is 1.50 bits per heavy atom. The van der Waals surface area contributed by atoms with Gasteiger partial charge in [0.05, 0.1) is 11.6 Å². The first kappa shape index (κ1) is 17.9. The highest BCUT2D eigenvalue weighted by atomic mass is 35.5. The zero-order valence-electron chi connectivity index (χ0n) is 14.6. The molecule has 7 heteroatoms. The Kier molecular flexibility index (Phi) is 5.02. The van der Waals surface area contributed by atoms with Crippen LogP contribution in [0.2, 0.25) is 5.02 Å². The molecule has 1 aliphatic heterocycles. The molecule has 1 unspecified atom stereocenters. The SMILES string of the molecule is COC(C)(C)c1noc(CN2CCCC2(C)Cc2cc(Cl)cs2)n1. The number of ether oxygens (including phenoxy) is 1. The summed E-state index contributed by atoms with van der Waals surface area (Å²) in [6.45, 7) is 7.89. The van der Waals surface area contributed by atoms with Crippen molar-refractivity contribution in [1.82, 2.24) is 15.0 Å². The normalized spacial score (nSPS) is 22.4. The third kappa shape index (κ3) is 3.67. The van der Waals surface area contributed by atoms with E-state index in [1.165, 1.54) is 11.3 Å². The predicted molar refractivity (Wildman–Crippen MR) is 95.4 cm³/mol. The molecule has 0 spiro atoms. The molecule has 3 heterocycles. The molecule has 0 N–H and O–H groups in total. The van der Waals surface area contributed by atoms with E-state index in [4.69, 9.17) is 20.9 Å². The zero-order valence-corrected chi connectivity index (χ0v) is 16.2. The second-order valence-electron chi connectivity index (χ2n) is 7.16. The third-order valence-corrected chi connectivity index (χ3v) is 6.21. The summed E-state index contributed by atoms with van der Waals surface area (Å²) in [5, 5.41) is 6.90. The summed E-state index contributed by atoms with van der Waals surface area (Å²) in [7, 11) is 1.65. The molecule has 0 bridgehead atoms. The smallest absolute Gasteiger partial charge is 0.240 e. The maximum Gasteiger partial charge on any atom is 0.240 e. The van der Waals surface area contributed by atoms with Crippen LogP contribution < -0.4 is 0 Å². The van der Waals surface area contributed by atoms with Crippen molar-refractivity contribution < 1.29 is 9.26 Å². The molecule has 1 fully saturated rings. The highest BCUT2D eigenvalue weighted by Gasteiger charge is 2.38. The van der Waals surface area contributed by atoms with E-state index in [0.717, 1.165) is 24.4 Å². The number of rotatable bonds is 6. The number of nitrogens with zero attached hydrogens (tertiary/aromatic N) is 3. The van der Waals surface area contributed by atoms with Crippen molar-refractivity contribution in [3.63, 3.8) is 0 Å². The summed E-state index contributed by atoms with van der Waals surface area (Å²) in [5.41, 5.74) is -0.441. The molecule has 3 rings (SSSR count). The van der Waals surface area contributed by atoms with Gasteiger partial charge in [0.1, 0.15) is 5.60 Å². The fourth-order valence-corrected chi connectivity index (χ4v) is 4.44. The van der Waals surface area contributed by atoms with E-state index < -0.39 is 5.60 Å². The van der Waals surface area contributed by atoms with Crippen LogP contribution in [-0.4, -0.2) is 34.2 Å². The summed E-state index contributed by atoms with van der Waals surface area (Å²) in [5.74, 6) is 1.23. The van der Waals surface area contributed by atoms with Gasteiger partial charge in [0.2, 0.25) is 11.7 Å². The molecule has 2 aromatic heterocycles. The first-order valence-corrected chi connectivity index (χ1v) is 9.44. The average Bonchev–Trinajstić information content (AvgIpc) is 3.23. The lowest BCUT2D eigenvalue weighted by Gasteiger charge is -2.34. The molecular formula is C17H24ClN3O2S. The van der Waals surface area contributed by atoms with E-state index in [2.05, 4.69) is 28.0 Å². The summed E-state index contributed by atoms with van der Waals surface area (Å²) in [4.78, 5) is 8.29. The number of hydrogen-bond acceptors (Lipinski definition) is 6. The van der Waals surface area contributed by atoms with E-state index >= 15 is 0 Å². The quantitative estimate of drug-likeness (QED) is 0.761. The van der Waals surface area contributed by atoms with Crippen LogP contribution in [0, 0.1) is 0 Å².